The monoisotopic (exact) mass is 287 g/mol. The number of likely N-dealkylation sites (tertiary alicyclic amines) is 1. The summed E-state index contributed by atoms with van der Waals surface area (Å²) in [4.78, 5) is 14.1. The standard InChI is InChI=1S/C14H18FNO2.ClH/c15-12-6-4-11(5-7-12)14(18)9-16-8-2-1-3-13(16)10-17;/h4-7,13,17H,1-3,8-10H2;1H. The van der Waals surface area contributed by atoms with Crippen molar-refractivity contribution in [2.24, 2.45) is 0 Å². The van der Waals surface area contributed by atoms with Crippen LogP contribution < -0.4 is 0 Å². The number of hydrogen-bond donors (Lipinski definition) is 1. The van der Waals surface area contributed by atoms with Gasteiger partial charge in [-0.15, -0.1) is 12.4 Å². The molecule has 106 valence electrons. The maximum atomic E-state index is 12.8. The van der Waals surface area contributed by atoms with E-state index in [1.807, 2.05) is 4.90 Å². The topological polar surface area (TPSA) is 40.5 Å². The number of piperidine rings is 1. The second kappa shape index (κ2) is 7.58. The van der Waals surface area contributed by atoms with E-state index < -0.39 is 0 Å². The minimum Gasteiger partial charge on any atom is -0.395 e. The maximum Gasteiger partial charge on any atom is 0.176 e. The number of hydrogen-bond acceptors (Lipinski definition) is 3. The van der Waals surface area contributed by atoms with Crippen LogP contribution in [0.5, 0.6) is 0 Å². The maximum absolute atomic E-state index is 12.8. The fourth-order valence-electron chi connectivity index (χ4n) is 2.39. The number of rotatable bonds is 4. The molecule has 0 saturated carbocycles. The normalized spacial score (nSPS) is 19.8. The summed E-state index contributed by atoms with van der Waals surface area (Å²) in [5, 5.41) is 9.28. The number of benzene rings is 1. The fraction of sp³-hybridized carbons (Fsp3) is 0.500. The van der Waals surface area contributed by atoms with Crippen LogP contribution in [0.25, 0.3) is 0 Å². The molecule has 0 amide bonds. The number of ketones is 1. The molecular weight excluding hydrogens is 269 g/mol. The van der Waals surface area contributed by atoms with Crippen LogP contribution in [0.15, 0.2) is 24.3 Å². The van der Waals surface area contributed by atoms with Gasteiger partial charge in [-0.2, -0.15) is 0 Å². The molecule has 0 spiro atoms. The van der Waals surface area contributed by atoms with Gasteiger partial charge in [-0.05, 0) is 43.7 Å². The molecule has 1 heterocycles. The first-order chi connectivity index (χ1) is 8.70. The Morgan fingerprint density at radius 3 is 2.63 bits per heavy atom. The third-order valence-corrected chi connectivity index (χ3v) is 3.47. The van der Waals surface area contributed by atoms with E-state index in [1.54, 1.807) is 0 Å². The van der Waals surface area contributed by atoms with Gasteiger partial charge in [0.25, 0.3) is 0 Å². The highest BCUT2D eigenvalue weighted by Crippen LogP contribution is 2.17. The lowest BCUT2D eigenvalue weighted by Gasteiger charge is -2.33. The molecule has 1 N–H and O–H groups in total. The Morgan fingerprint density at radius 1 is 1.32 bits per heavy atom. The van der Waals surface area contributed by atoms with Gasteiger partial charge in [0.15, 0.2) is 5.78 Å². The van der Waals surface area contributed by atoms with Crippen LogP contribution in [0.3, 0.4) is 0 Å². The van der Waals surface area contributed by atoms with Gasteiger partial charge >= 0.3 is 0 Å². The average Bonchev–Trinajstić information content (AvgIpc) is 2.40. The highest BCUT2D eigenvalue weighted by molar-refractivity contribution is 5.97. The number of carbonyl (C=O) groups excluding carboxylic acids is 1. The summed E-state index contributed by atoms with van der Waals surface area (Å²) in [6.07, 6.45) is 3.10. The zero-order valence-corrected chi connectivity index (χ0v) is 11.5. The molecule has 1 aliphatic heterocycles. The van der Waals surface area contributed by atoms with Crippen molar-refractivity contribution in [3.8, 4) is 0 Å². The first-order valence-corrected chi connectivity index (χ1v) is 6.34. The number of aliphatic hydroxyl groups excluding tert-OH is 1. The Morgan fingerprint density at radius 2 is 2.00 bits per heavy atom. The van der Waals surface area contributed by atoms with Crippen LogP contribution in [0.2, 0.25) is 0 Å². The summed E-state index contributed by atoms with van der Waals surface area (Å²) in [7, 11) is 0. The second-order valence-electron chi connectivity index (χ2n) is 4.73. The molecule has 5 heteroatoms. The van der Waals surface area contributed by atoms with Crippen molar-refractivity contribution in [2.45, 2.75) is 25.3 Å². The summed E-state index contributed by atoms with van der Waals surface area (Å²) >= 11 is 0. The molecule has 1 unspecified atom stereocenters. The van der Waals surface area contributed by atoms with Gasteiger partial charge in [0.2, 0.25) is 0 Å². The number of carbonyl (C=O) groups is 1. The Kier molecular flexibility index (Phi) is 6.42. The van der Waals surface area contributed by atoms with E-state index >= 15 is 0 Å². The lowest BCUT2D eigenvalue weighted by atomic mass is 10.0. The number of halogens is 2. The van der Waals surface area contributed by atoms with Crippen molar-refractivity contribution >= 4 is 18.2 Å². The smallest absolute Gasteiger partial charge is 0.176 e. The molecular formula is C14H19ClFNO2. The Bertz CT molecular complexity index is 410. The molecule has 1 saturated heterocycles. The molecule has 2 rings (SSSR count). The number of aliphatic hydroxyl groups is 1. The van der Waals surface area contributed by atoms with E-state index in [-0.39, 0.29) is 36.7 Å². The van der Waals surface area contributed by atoms with Crippen LogP contribution in [0.1, 0.15) is 29.6 Å². The second-order valence-corrected chi connectivity index (χ2v) is 4.73. The van der Waals surface area contributed by atoms with Crippen LogP contribution in [-0.4, -0.2) is 41.5 Å². The molecule has 19 heavy (non-hydrogen) atoms. The van der Waals surface area contributed by atoms with Gasteiger partial charge in [0, 0.05) is 11.6 Å². The lowest BCUT2D eigenvalue weighted by Crippen LogP contribution is -2.44. The lowest BCUT2D eigenvalue weighted by molar-refractivity contribution is 0.0711. The highest BCUT2D eigenvalue weighted by Gasteiger charge is 2.23. The van der Waals surface area contributed by atoms with Crippen molar-refractivity contribution in [1.82, 2.24) is 4.90 Å². The van der Waals surface area contributed by atoms with Crippen LogP contribution in [0, 0.1) is 5.82 Å². The molecule has 0 radical (unpaired) electrons. The molecule has 1 aliphatic rings. The molecule has 1 fully saturated rings. The Labute approximate surface area is 118 Å². The summed E-state index contributed by atoms with van der Waals surface area (Å²) < 4.78 is 12.8. The largest absolute Gasteiger partial charge is 0.395 e. The fourth-order valence-corrected chi connectivity index (χ4v) is 2.39. The molecule has 1 aromatic rings. The first kappa shape index (κ1) is 16.1. The summed E-state index contributed by atoms with van der Waals surface area (Å²) in [6, 6.07) is 5.70. The van der Waals surface area contributed by atoms with Crippen LogP contribution >= 0.6 is 12.4 Å². The number of nitrogens with zero attached hydrogens (tertiary/aromatic N) is 1. The zero-order valence-electron chi connectivity index (χ0n) is 10.7. The van der Waals surface area contributed by atoms with E-state index in [0.29, 0.717) is 12.1 Å². The third-order valence-electron chi connectivity index (χ3n) is 3.47. The van der Waals surface area contributed by atoms with E-state index in [2.05, 4.69) is 0 Å². The van der Waals surface area contributed by atoms with Crippen molar-refractivity contribution in [3.63, 3.8) is 0 Å². The zero-order chi connectivity index (χ0) is 13.0. The quantitative estimate of drug-likeness (QED) is 0.864. The predicted octanol–water partition coefficient (Wildman–Crippen LogP) is 2.28. The summed E-state index contributed by atoms with van der Waals surface area (Å²) in [6.45, 7) is 1.24. The minimum absolute atomic E-state index is 0. The molecule has 0 aromatic heterocycles. The SMILES string of the molecule is Cl.O=C(CN1CCCCC1CO)c1ccc(F)cc1. The molecule has 1 atom stereocenters. The van der Waals surface area contributed by atoms with E-state index in [4.69, 9.17) is 0 Å². The van der Waals surface area contributed by atoms with Gasteiger partial charge in [-0.3, -0.25) is 9.69 Å². The van der Waals surface area contributed by atoms with E-state index in [9.17, 15) is 14.3 Å². The van der Waals surface area contributed by atoms with Crippen molar-refractivity contribution < 1.29 is 14.3 Å². The summed E-state index contributed by atoms with van der Waals surface area (Å²) in [5.41, 5.74) is 0.527. The van der Waals surface area contributed by atoms with Crippen LogP contribution in [-0.2, 0) is 0 Å². The minimum atomic E-state index is -0.335. The summed E-state index contributed by atoms with van der Waals surface area (Å²) in [5.74, 6) is -0.354. The first-order valence-electron chi connectivity index (χ1n) is 6.34. The third kappa shape index (κ3) is 4.27. The molecule has 1 aromatic carbocycles. The van der Waals surface area contributed by atoms with Gasteiger partial charge in [-0.25, -0.2) is 4.39 Å². The van der Waals surface area contributed by atoms with Gasteiger partial charge in [-0.1, -0.05) is 6.42 Å². The Balaban J connectivity index is 0.00000180. The van der Waals surface area contributed by atoms with Crippen molar-refractivity contribution in [1.29, 1.82) is 0 Å². The van der Waals surface area contributed by atoms with Crippen LogP contribution in [0.4, 0.5) is 4.39 Å². The highest BCUT2D eigenvalue weighted by atomic mass is 35.5. The Hall–Kier alpha value is -0.970. The van der Waals surface area contributed by atoms with Gasteiger partial charge in [0.1, 0.15) is 5.82 Å². The molecule has 3 nitrogen and oxygen atoms in total. The van der Waals surface area contributed by atoms with E-state index in [1.165, 1.54) is 24.3 Å². The van der Waals surface area contributed by atoms with E-state index in [0.717, 1.165) is 25.8 Å². The van der Waals surface area contributed by atoms with Crippen molar-refractivity contribution in [3.05, 3.63) is 35.6 Å². The predicted molar refractivity (Wildman–Crippen MR) is 74.3 cm³/mol. The number of Topliss-reactive ketones (excluding diaryl/α,β-unsaturated/α-hetero) is 1. The molecule has 0 aliphatic carbocycles. The van der Waals surface area contributed by atoms with Gasteiger partial charge < -0.3 is 5.11 Å². The van der Waals surface area contributed by atoms with Gasteiger partial charge in [0.05, 0.1) is 13.2 Å². The van der Waals surface area contributed by atoms with Crippen molar-refractivity contribution in [2.75, 3.05) is 19.7 Å². The molecule has 0 bridgehead atoms. The average molecular weight is 288 g/mol.